The Morgan fingerprint density at radius 2 is 1.58 bits per heavy atom. The first-order chi connectivity index (χ1) is 12.7. The fraction of sp³-hybridized carbons (Fsp3) is 0. The van der Waals surface area contributed by atoms with Crippen LogP contribution in [-0.4, -0.2) is 9.38 Å². The van der Waals surface area contributed by atoms with E-state index in [-0.39, 0.29) is 5.56 Å². The Balaban J connectivity index is 2.12. The summed E-state index contributed by atoms with van der Waals surface area (Å²) in [7, 11) is 0. The summed E-state index contributed by atoms with van der Waals surface area (Å²) in [4.78, 5) is 17.0. The number of fused-ring (bicyclic) bond motifs is 5. The third-order valence-corrected chi connectivity index (χ3v) is 4.89. The fourth-order valence-electron chi connectivity index (χ4n) is 3.48. The highest BCUT2D eigenvalue weighted by Gasteiger charge is 2.14. The summed E-state index contributed by atoms with van der Waals surface area (Å²) in [6, 6.07) is 25.5. The average molecular weight is 357 g/mol. The topological polar surface area (TPSA) is 34.4 Å². The van der Waals surface area contributed by atoms with Crippen LogP contribution in [0, 0.1) is 0 Å². The molecule has 0 fully saturated rings. The second kappa shape index (κ2) is 5.68. The van der Waals surface area contributed by atoms with Crippen molar-refractivity contribution in [2.75, 3.05) is 0 Å². The lowest BCUT2D eigenvalue weighted by Crippen LogP contribution is -2.12. The van der Waals surface area contributed by atoms with E-state index in [0.717, 1.165) is 27.5 Å². The van der Waals surface area contributed by atoms with Crippen LogP contribution >= 0.6 is 11.6 Å². The van der Waals surface area contributed by atoms with E-state index in [1.54, 1.807) is 12.1 Å². The van der Waals surface area contributed by atoms with Crippen molar-refractivity contribution < 1.29 is 0 Å². The van der Waals surface area contributed by atoms with Gasteiger partial charge in [0.2, 0.25) is 0 Å². The summed E-state index contributed by atoms with van der Waals surface area (Å²) in [6.45, 7) is 0. The number of hydrogen-bond donors (Lipinski definition) is 0. The van der Waals surface area contributed by atoms with Gasteiger partial charge < -0.3 is 0 Å². The van der Waals surface area contributed by atoms with Gasteiger partial charge in [-0.2, -0.15) is 4.98 Å². The first-order valence-corrected chi connectivity index (χ1v) is 8.69. The van der Waals surface area contributed by atoms with Crippen molar-refractivity contribution in [2.24, 2.45) is 0 Å². The molecule has 0 aliphatic heterocycles. The summed E-state index contributed by atoms with van der Waals surface area (Å²) in [5, 5.41) is 3.12. The van der Waals surface area contributed by atoms with Gasteiger partial charge in [0.15, 0.2) is 0 Å². The van der Waals surface area contributed by atoms with E-state index in [1.807, 2.05) is 52.9 Å². The highest BCUT2D eigenvalue weighted by Crippen LogP contribution is 2.30. The van der Waals surface area contributed by atoms with E-state index in [1.165, 1.54) is 0 Å². The molecule has 0 unspecified atom stereocenters. The molecule has 0 bridgehead atoms. The van der Waals surface area contributed by atoms with E-state index in [4.69, 9.17) is 11.6 Å². The van der Waals surface area contributed by atoms with E-state index in [9.17, 15) is 4.79 Å². The molecule has 3 nitrogen and oxygen atoms in total. The Morgan fingerprint density at radius 3 is 2.42 bits per heavy atom. The van der Waals surface area contributed by atoms with Gasteiger partial charge in [-0.3, -0.25) is 9.20 Å². The van der Waals surface area contributed by atoms with Crippen LogP contribution in [0.2, 0.25) is 5.02 Å². The zero-order valence-electron chi connectivity index (χ0n) is 13.7. The first-order valence-electron chi connectivity index (χ1n) is 8.31. The van der Waals surface area contributed by atoms with Gasteiger partial charge in [0, 0.05) is 10.4 Å². The van der Waals surface area contributed by atoms with E-state index in [0.29, 0.717) is 16.1 Å². The monoisotopic (exact) mass is 356 g/mol. The van der Waals surface area contributed by atoms with Crippen LogP contribution in [0.3, 0.4) is 0 Å². The van der Waals surface area contributed by atoms with Crippen LogP contribution in [0.4, 0.5) is 0 Å². The molecule has 2 aromatic heterocycles. The molecule has 0 saturated heterocycles. The fourth-order valence-corrected chi connectivity index (χ4v) is 3.64. The van der Waals surface area contributed by atoms with Gasteiger partial charge in [-0.05, 0) is 35.2 Å². The summed E-state index contributed by atoms with van der Waals surface area (Å²) in [6.07, 6.45) is 0. The quantitative estimate of drug-likeness (QED) is 0.381. The summed E-state index contributed by atoms with van der Waals surface area (Å²) >= 11 is 6.25. The molecule has 0 saturated carbocycles. The minimum absolute atomic E-state index is 0.243. The van der Waals surface area contributed by atoms with Crippen molar-refractivity contribution >= 4 is 38.9 Å². The maximum absolute atomic E-state index is 12.6. The SMILES string of the molecule is O=c1nc2c3ccccc3cc(-c3ccccc3)n2c2cc(Cl)ccc12. The summed E-state index contributed by atoms with van der Waals surface area (Å²) in [5.41, 5.74) is 3.18. The zero-order chi connectivity index (χ0) is 17.7. The third kappa shape index (κ3) is 2.21. The number of pyridine rings is 1. The van der Waals surface area contributed by atoms with Crippen molar-refractivity contribution in [2.45, 2.75) is 0 Å². The van der Waals surface area contributed by atoms with Crippen LogP contribution in [0.25, 0.3) is 38.6 Å². The van der Waals surface area contributed by atoms with E-state index >= 15 is 0 Å². The molecule has 26 heavy (non-hydrogen) atoms. The number of nitrogens with zero attached hydrogens (tertiary/aromatic N) is 2. The Bertz CT molecular complexity index is 1360. The number of aromatic nitrogens is 2. The minimum atomic E-state index is -0.243. The van der Waals surface area contributed by atoms with E-state index < -0.39 is 0 Å². The molecule has 0 radical (unpaired) electrons. The number of benzene rings is 3. The molecule has 4 heteroatoms. The van der Waals surface area contributed by atoms with Crippen LogP contribution in [0.5, 0.6) is 0 Å². The van der Waals surface area contributed by atoms with Gasteiger partial charge >= 0.3 is 0 Å². The Morgan fingerprint density at radius 1 is 0.808 bits per heavy atom. The van der Waals surface area contributed by atoms with Gasteiger partial charge in [0.25, 0.3) is 5.56 Å². The predicted molar refractivity (Wildman–Crippen MR) is 107 cm³/mol. The van der Waals surface area contributed by atoms with Crippen molar-refractivity contribution in [1.29, 1.82) is 0 Å². The maximum Gasteiger partial charge on any atom is 0.281 e. The molecule has 0 aliphatic carbocycles. The lowest BCUT2D eigenvalue weighted by Gasteiger charge is -2.15. The van der Waals surface area contributed by atoms with Crippen molar-refractivity contribution in [1.82, 2.24) is 9.38 Å². The molecule has 0 aliphatic rings. The highest BCUT2D eigenvalue weighted by atomic mass is 35.5. The first kappa shape index (κ1) is 15.1. The second-order valence-electron chi connectivity index (χ2n) is 6.22. The van der Waals surface area contributed by atoms with Crippen LogP contribution in [-0.2, 0) is 0 Å². The number of rotatable bonds is 1. The van der Waals surface area contributed by atoms with Crippen LogP contribution < -0.4 is 5.56 Å². The third-order valence-electron chi connectivity index (χ3n) is 4.65. The van der Waals surface area contributed by atoms with Gasteiger partial charge in [0.1, 0.15) is 5.65 Å². The molecule has 0 amide bonds. The molecule has 124 valence electrons. The largest absolute Gasteiger partial charge is 0.293 e. The van der Waals surface area contributed by atoms with Gasteiger partial charge in [-0.15, -0.1) is 0 Å². The second-order valence-corrected chi connectivity index (χ2v) is 6.66. The molecule has 0 N–H and O–H groups in total. The Hall–Kier alpha value is -3.17. The van der Waals surface area contributed by atoms with Crippen molar-refractivity contribution in [3.05, 3.63) is 94.2 Å². The maximum atomic E-state index is 12.6. The molecular formula is C22H13ClN2O. The van der Waals surface area contributed by atoms with Crippen molar-refractivity contribution in [3.8, 4) is 11.3 Å². The molecular weight excluding hydrogens is 344 g/mol. The summed E-state index contributed by atoms with van der Waals surface area (Å²) in [5.74, 6) is 0. The predicted octanol–water partition coefficient (Wildman–Crippen LogP) is 5.32. The molecule has 0 atom stereocenters. The molecule has 0 spiro atoms. The van der Waals surface area contributed by atoms with Crippen LogP contribution in [0.15, 0.2) is 83.7 Å². The number of hydrogen-bond acceptors (Lipinski definition) is 2. The van der Waals surface area contributed by atoms with Crippen LogP contribution in [0.1, 0.15) is 0 Å². The minimum Gasteiger partial charge on any atom is -0.293 e. The Kier molecular flexibility index (Phi) is 3.30. The normalized spacial score (nSPS) is 11.4. The molecule has 5 aromatic rings. The highest BCUT2D eigenvalue weighted by molar-refractivity contribution is 6.31. The molecule has 2 heterocycles. The zero-order valence-corrected chi connectivity index (χ0v) is 14.4. The average Bonchev–Trinajstić information content (AvgIpc) is 2.68. The summed E-state index contributed by atoms with van der Waals surface area (Å²) < 4.78 is 2.03. The van der Waals surface area contributed by atoms with Gasteiger partial charge in [0.05, 0.1) is 16.6 Å². The Labute approximate surface area is 154 Å². The van der Waals surface area contributed by atoms with Crippen molar-refractivity contribution in [3.63, 3.8) is 0 Å². The number of halogens is 1. The standard InChI is InChI=1S/C22H13ClN2O/c23-16-10-11-18-20(13-16)25-19(14-6-2-1-3-7-14)12-15-8-4-5-9-17(15)21(25)24-22(18)26/h1-13H. The smallest absolute Gasteiger partial charge is 0.281 e. The molecule has 3 aromatic carbocycles. The van der Waals surface area contributed by atoms with Gasteiger partial charge in [-0.1, -0.05) is 66.2 Å². The van der Waals surface area contributed by atoms with E-state index in [2.05, 4.69) is 23.2 Å². The lowest BCUT2D eigenvalue weighted by molar-refractivity contribution is 1.15. The van der Waals surface area contributed by atoms with Gasteiger partial charge in [-0.25, -0.2) is 0 Å². The molecule has 5 rings (SSSR count). The lowest BCUT2D eigenvalue weighted by atomic mass is 10.1.